The summed E-state index contributed by atoms with van der Waals surface area (Å²) in [7, 11) is 0. The molecule has 1 fully saturated rings. The summed E-state index contributed by atoms with van der Waals surface area (Å²) in [6.07, 6.45) is 2.20. The second kappa shape index (κ2) is 3.96. The predicted molar refractivity (Wildman–Crippen MR) is 50.2 cm³/mol. The maximum atomic E-state index is 11.4. The van der Waals surface area contributed by atoms with Gasteiger partial charge in [0.25, 0.3) is 0 Å². The van der Waals surface area contributed by atoms with Crippen molar-refractivity contribution in [2.75, 3.05) is 13.1 Å². The van der Waals surface area contributed by atoms with Crippen molar-refractivity contribution in [2.24, 2.45) is 0 Å². The van der Waals surface area contributed by atoms with E-state index in [1.165, 1.54) is 0 Å². The summed E-state index contributed by atoms with van der Waals surface area (Å²) in [6, 6.07) is -0.118. The van der Waals surface area contributed by atoms with E-state index in [2.05, 4.69) is 5.48 Å². The summed E-state index contributed by atoms with van der Waals surface area (Å²) in [5.74, 6) is 0. The number of urea groups is 1. The molecule has 76 valence electrons. The van der Waals surface area contributed by atoms with Gasteiger partial charge in [-0.15, -0.1) is 0 Å². The highest BCUT2D eigenvalue weighted by atomic mass is 16.7. The van der Waals surface area contributed by atoms with Gasteiger partial charge in [0.1, 0.15) is 0 Å². The zero-order valence-electron chi connectivity index (χ0n) is 8.59. The van der Waals surface area contributed by atoms with E-state index in [0.29, 0.717) is 0 Å². The highest BCUT2D eigenvalue weighted by Gasteiger charge is 2.20. The van der Waals surface area contributed by atoms with Crippen molar-refractivity contribution in [1.29, 1.82) is 0 Å². The van der Waals surface area contributed by atoms with Crippen molar-refractivity contribution in [1.82, 2.24) is 10.4 Å². The minimum Gasteiger partial charge on any atom is -0.323 e. The minimum absolute atomic E-state index is 0.118. The summed E-state index contributed by atoms with van der Waals surface area (Å²) >= 11 is 0. The first-order chi connectivity index (χ1) is 5.99. The SMILES string of the molecule is CC(C)(C)ONC(=O)N1CCCC1. The molecule has 0 saturated carbocycles. The lowest BCUT2D eigenvalue weighted by Crippen LogP contribution is -2.41. The second-order valence-electron chi connectivity index (χ2n) is 4.32. The van der Waals surface area contributed by atoms with E-state index in [1.807, 2.05) is 20.8 Å². The molecule has 1 aliphatic rings. The van der Waals surface area contributed by atoms with Gasteiger partial charge in [-0.2, -0.15) is 0 Å². The number of hydroxylamine groups is 1. The molecule has 1 heterocycles. The number of hydrogen-bond donors (Lipinski definition) is 1. The molecule has 4 nitrogen and oxygen atoms in total. The van der Waals surface area contributed by atoms with Gasteiger partial charge >= 0.3 is 6.03 Å². The summed E-state index contributed by atoms with van der Waals surface area (Å²) in [5.41, 5.74) is 2.13. The second-order valence-corrected chi connectivity index (χ2v) is 4.32. The Kier molecular flexibility index (Phi) is 3.14. The summed E-state index contributed by atoms with van der Waals surface area (Å²) in [4.78, 5) is 18.3. The Balaban J connectivity index is 2.25. The molecule has 0 radical (unpaired) electrons. The van der Waals surface area contributed by atoms with E-state index >= 15 is 0 Å². The molecule has 0 unspecified atom stereocenters. The highest BCUT2D eigenvalue weighted by Crippen LogP contribution is 2.08. The third-order valence-electron chi connectivity index (χ3n) is 1.84. The molecule has 1 saturated heterocycles. The number of rotatable bonds is 1. The van der Waals surface area contributed by atoms with Gasteiger partial charge in [0.2, 0.25) is 0 Å². The van der Waals surface area contributed by atoms with Crippen LogP contribution in [0, 0.1) is 0 Å². The van der Waals surface area contributed by atoms with Crippen LogP contribution in [0.3, 0.4) is 0 Å². The van der Waals surface area contributed by atoms with Crippen LogP contribution in [0.4, 0.5) is 4.79 Å². The molecule has 0 bridgehead atoms. The van der Waals surface area contributed by atoms with E-state index < -0.39 is 0 Å². The number of likely N-dealkylation sites (tertiary alicyclic amines) is 1. The maximum absolute atomic E-state index is 11.4. The average molecular weight is 186 g/mol. The number of carbonyl (C=O) groups is 1. The van der Waals surface area contributed by atoms with Crippen molar-refractivity contribution in [2.45, 2.75) is 39.2 Å². The number of amides is 2. The van der Waals surface area contributed by atoms with E-state index in [9.17, 15) is 4.79 Å². The molecule has 4 heteroatoms. The smallest absolute Gasteiger partial charge is 0.323 e. The quantitative estimate of drug-likeness (QED) is 0.631. The van der Waals surface area contributed by atoms with Gasteiger partial charge in [-0.25, -0.2) is 10.3 Å². The summed E-state index contributed by atoms with van der Waals surface area (Å²) in [5, 5.41) is 0. The van der Waals surface area contributed by atoms with Gasteiger partial charge in [0, 0.05) is 13.1 Å². The van der Waals surface area contributed by atoms with Gasteiger partial charge < -0.3 is 4.90 Å². The van der Waals surface area contributed by atoms with Crippen LogP contribution in [0.2, 0.25) is 0 Å². The Labute approximate surface area is 79.2 Å². The molecule has 1 rings (SSSR count). The first-order valence-corrected chi connectivity index (χ1v) is 4.72. The third-order valence-corrected chi connectivity index (χ3v) is 1.84. The van der Waals surface area contributed by atoms with Crippen molar-refractivity contribution < 1.29 is 9.63 Å². The number of nitrogens with zero attached hydrogens (tertiary/aromatic N) is 1. The number of hydrogen-bond acceptors (Lipinski definition) is 2. The molecule has 2 amide bonds. The Bertz CT molecular complexity index is 181. The van der Waals surface area contributed by atoms with E-state index in [4.69, 9.17) is 4.84 Å². The lowest BCUT2D eigenvalue weighted by atomic mass is 10.2. The Morgan fingerprint density at radius 1 is 1.31 bits per heavy atom. The van der Waals surface area contributed by atoms with Crippen LogP contribution in [0.1, 0.15) is 33.6 Å². The van der Waals surface area contributed by atoms with Crippen LogP contribution in [0.15, 0.2) is 0 Å². The lowest BCUT2D eigenvalue weighted by molar-refractivity contribution is -0.0576. The maximum Gasteiger partial charge on any atom is 0.341 e. The van der Waals surface area contributed by atoms with Crippen molar-refractivity contribution in [3.63, 3.8) is 0 Å². The zero-order chi connectivity index (χ0) is 9.90. The Morgan fingerprint density at radius 3 is 2.31 bits per heavy atom. The van der Waals surface area contributed by atoms with Gasteiger partial charge in [-0.1, -0.05) is 0 Å². The largest absolute Gasteiger partial charge is 0.341 e. The number of nitrogens with one attached hydrogen (secondary N) is 1. The average Bonchev–Trinajstić information content (AvgIpc) is 2.50. The molecule has 0 aromatic carbocycles. The van der Waals surface area contributed by atoms with E-state index in [1.54, 1.807) is 4.90 Å². The Hall–Kier alpha value is -0.770. The van der Waals surface area contributed by atoms with Gasteiger partial charge in [0.15, 0.2) is 0 Å². The molecular weight excluding hydrogens is 168 g/mol. The van der Waals surface area contributed by atoms with Crippen molar-refractivity contribution in [3.8, 4) is 0 Å². The van der Waals surface area contributed by atoms with Crippen LogP contribution < -0.4 is 5.48 Å². The predicted octanol–water partition coefficient (Wildman–Crippen LogP) is 1.52. The van der Waals surface area contributed by atoms with Crippen molar-refractivity contribution in [3.05, 3.63) is 0 Å². The molecule has 0 aromatic heterocycles. The molecule has 13 heavy (non-hydrogen) atoms. The third kappa shape index (κ3) is 3.63. The molecule has 0 spiro atoms. The standard InChI is InChI=1S/C9H18N2O2/c1-9(2,3)13-10-8(12)11-6-4-5-7-11/h4-7H2,1-3H3,(H,10,12). The first kappa shape index (κ1) is 10.3. The monoisotopic (exact) mass is 186 g/mol. The van der Waals surface area contributed by atoms with Gasteiger partial charge in [-0.05, 0) is 33.6 Å². The van der Waals surface area contributed by atoms with E-state index in [-0.39, 0.29) is 11.6 Å². The lowest BCUT2D eigenvalue weighted by Gasteiger charge is -2.22. The van der Waals surface area contributed by atoms with E-state index in [0.717, 1.165) is 25.9 Å². The molecule has 1 aliphatic heterocycles. The highest BCUT2D eigenvalue weighted by molar-refractivity contribution is 5.73. The Morgan fingerprint density at radius 2 is 1.85 bits per heavy atom. The fraction of sp³-hybridized carbons (Fsp3) is 0.889. The topological polar surface area (TPSA) is 41.6 Å². The first-order valence-electron chi connectivity index (χ1n) is 4.72. The molecule has 0 atom stereocenters. The summed E-state index contributed by atoms with van der Waals surface area (Å²) in [6.45, 7) is 7.39. The van der Waals surface area contributed by atoms with Crippen LogP contribution in [0.5, 0.6) is 0 Å². The van der Waals surface area contributed by atoms with Crippen LogP contribution in [-0.2, 0) is 4.84 Å². The normalized spacial score (nSPS) is 17.6. The minimum atomic E-state index is -0.324. The fourth-order valence-corrected chi connectivity index (χ4v) is 1.18. The molecular formula is C9H18N2O2. The van der Waals surface area contributed by atoms with Gasteiger partial charge in [0.05, 0.1) is 5.60 Å². The fourth-order valence-electron chi connectivity index (χ4n) is 1.18. The van der Waals surface area contributed by atoms with Crippen molar-refractivity contribution >= 4 is 6.03 Å². The molecule has 0 aromatic rings. The number of carbonyl (C=O) groups excluding carboxylic acids is 1. The van der Waals surface area contributed by atoms with Gasteiger partial charge in [-0.3, -0.25) is 4.84 Å². The molecule has 1 N–H and O–H groups in total. The molecule has 0 aliphatic carbocycles. The van der Waals surface area contributed by atoms with Crippen LogP contribution in [-0.4, -0.2) is 29.6 Å². The van der Waals surface area contributed by atoms with Crippen LogP contribution >= 0.6 is 0 Å². The zero-order valence-corrected chi connectivity index (χ0v) is 8.59. The van der Waals surface area contributed by atoms with Crippen LogP contribution in [0.25, 0.3) is 0 Å². The summed E-state index contributed by atoms with van der Waals surface area (Å²) < 4.78 is 0.